The molecular formula is C19H36N6O. The first kappa shape index (κ1) is 22.2. The van der Waals surface area contributed by atoms with Crippen LogP contribution in [0.4, 0.5) is 0 Å². The van der Waals surface area contributed by atoms with Crippen LogP contribution in [-0.4, -0.2) is 54.7 Å². The fraction of sp³-hybridized carbons (Fsp3) is 0.737. The van der Waals surface area contributed by atoms with E-state index in [4.69, 9.17) is 10.7 Å². The Bertz CT molecular complexity index is 568. The third-order valence-electron chi connectivity index (χ3n) is 4.77. The number of nitrogens with two attached hydrogens (primary N) is 1. The molecule has 1 aliphatic heterocycles. The molecule has 0 saturated carbocycles. The minimum absolute atomic E-state index is 0.0229. The second kappa shape index (κ2) is 10.3. The smallest absolute Gasteiger partial charge is 0.216 e. The number of likely N-dealkylation sites (N-methyl/N-ethyl adjacent to an activating group) is 1. The number of carbonyl (C=O) groups is 1. The SMILES string of the molecule is CC=NC1=C(C)N(C)C(CN)NC1=NC(C)(CCCCC)CNC(C)=O. The zero-order valence-electron chi connectivity index (χ0n) is 17.2. The van der Waals surface area contributed by atoms with Gasteiger partial charge >= 0.3 is 0 Å². The molecule has 0 saturated heterocycles. The Hall–Kier alpha value is -1.89. The van der Waals surface area contributed by atoms with E-state index in [2.05, 4.69) is 34.4 Å². The van der Waals surface area contributed by atoms with Crippen molar-refractivity contribution in [3.63, 3.8) is 0 Å². The van der Waals surface area contributed by atoms with Crippen LogP contribution in [0.25, 0.3) is 0 Å². The fourth-order valence-corrected chi connectivity index (χ4v) is 3.01. The largest absolute Gasteiger partial charge is 0.355 e. The second-order valence-corrected chi connectivity index (χ2v) is 7.15. The summed E-state index contributed by atoms with van der Waals surface area (Å²) < 4.78 is 0. The maximum Gasteiger partial charge on any atom is 0.216 e. The van der Waals surface area contributed by atoms with Crippen molar-refractivity contribution < 1.29 is 4.79 Å². The molecule has 7 nitrogen and oxygen atoms in total. The van der Waals surface area contributed by atoms with Crippen LogP contribution in [0.3, 0.4) is 0 Å². The van der Waals surface area contributed by atoms with E-state index in [1.54, 1.807) is 6.21 Å². The summed E-state index contributed by atoms with van der Waals surface area (Å²) in [5.41, 5.74) is 7.38. The van der Waals surface area contributed by atoms with Crippen LogP contribution < -0.4 is 16.4 Å². The van der Waals surface area contributed by atoms with E-state index in [9.17, 15) is 4.79 Å². The maximum atomic E-state index is 11.4. The van der Waals surface area contributed by atoms with E-state index in [1.165, 1.54) is 6.92 Å². The second-order valence-electron chi connectivity index (χ2n) is 7.15. The lowest BCUT2D eigenvalue weighted by Crippen LogP contribution is -2.55. The quantitative estimate of drug-likeness (QED) is 0.431. The predicted octanol–water partition coefficient (Wildman–Crippen LogP) is 2.00. The lowest BCUT2D eigenvalue weighted by molar-refractivity contribution is -0.119. The van der Waals surface area contributed by atoms with Gasteiger partial charge in [0.15, 0.2) is 5.84 Å². The number of hydrogen-bond donors (Lipinski definition) is 3. The van der Waals surface area contributed by atoms with Crippen LogP contribution >= 0.6 is 0 Å². The molecule has 0 aromatic heterocycles. The van der Waals surface area contributed by atoms with E-state index < -0.39 is 5.54 Å². The summed E-state index contributed by atoms with van der Waals surface area (Å²) in [6.45, 7) is 10.7. The monoisotopic (exact) mass is 364 g/mol. The van der Waals surface area contributed by atoms with Crippen molar-refractivity contribution in [1.82, 2.24) is 15.5 Å². The van der Waals surface area contributed by atoms with Crippen molar-refractivity contribution in [2.75, 3.05) is 20.1 Å². The highest BCUT2D eigenvalue weighted by atomic mass is 16.1. The van der Waals surface area contributed by atoms with Gasteiger partial charge in [0.2, 0.25) is 5.91 Å². The molecule has 1 aliphatic rings. The standard InChI is InChI=1S/C19H36N6O/c1-7-9-10-11-19(5,13-22-15(4)26)24-18-17(21-8-2)14(3)25(6)16(12-20)23-18/h8,16H,7,9-13,20H2,1-6H3,(H,22,26)(H,23,24). The Balaban J connectivity index is 3.25. The predicted molar refractivity (Wildman–Crippen MR) is 109 cm³/mol. The van der Waals surface area contributed by atoms with Gasteiger partial charge in [0, 0.05) is 39.0 Å². The van der Waals surface area contributed by atoms with Gasteiger partial charge in [-0.25, -0.2) is 0 Å². The Kier molecular flexibility index (Phi) is 8.78. The van der Waals surface area contributed by atoms with Crippen molar-refractivity contribution in [1.29, 1.82) is 0 Å². The van der Waals surface area contributed by atoms with Crippen LogP contribution in [0.1, 0.15) is 60.3 Å². The number of aliphatic imine (C=N–C) groups is 2. The van der Waals surface area contributed by atoms with E-state index in [1.807, 2.05) is 20.9 Å². The molecule has 2 unspecified atom stereocenters. The number of hydrogen-bond acceptors (Lipinski definition) is 5. The third-order valence-corrected chi connectivity index (χ3v) is 4.77. The van der Waals surface area contributed by atoms with Crippen molar-refractivity contribution in [3.05, 3.63) is 11.4 Å². The first-order chi connectivity index (χ1) is 12.3. The van der Waals surface area contributed by atoms with Gasteiger partial charge in [-0.1, -0.05) is 26.2 Å². The van der Waals surface area contributed by atoms with Crippen molar-refractivity contribution in [2.24, 2.45) is 15.7 Å². The lowest BCUT2D eigenvalue weighted by atomic mass is 9.94. The van der Waals surface area contributed by atoms with Gasteiger partial charge in [-0.15, -0.1) is 0 Å². The number of carbonyl (C=O) groups excluding carboxylic acids is 1. The maximum absolute atomic E-state index is 11.4. The van der Waals surface area contributed by atoms with Gasteiger partial charge in [-0.05, 0) is 27.2 Å². The van der Waals surface area contributed by atoms with Crippen molar-refractivity contribution in [2.45, 2.75) is 72.0 Å². The molecule has 1 amide bonds. The third kappa shape index (κ3) is 6.12. The zero-order valence-corrected chi connectivity index (χ0v) is 17.2. The molecule has 0 aromatic carbocycles. The van der Waals surface area contributed by atoms with E-state index in [0.717, 1.165) is 42.9 Å². The number of unbranched alkanes of at least 4 members (excludes halogenated alkanes) is 2. The number of amidine groups is 1. The zero-order chi connectivity index (χ0) is 19.7. The number of amides is 1. The molecular weight excluding hydrogens is 328 g/mol. The molecule has 1 rings (SSSR count). The minimum Gasteiger partial charge on any atom is -0.355 e. The molecule has 4 N–H and O–H groups in total. The summed E-state index contributed by atoms with van der Waals surface area (Å²) in [6, 6.07) is 0. The number of nitrogens with one attached hydrogen (secondary N) is 2. The van der Waals surface area contributed by atoms with Gasteiger partial charge < -0.3 is 21.3 Å². The average Bonchev–Trinajstić information content (AvgIpc) is 2.60. The van der Waals surface area contributed by atoms with Crippen LogP contribution in [0, 0.1) is 0 Å². The normalized spacial score (nSPS) is 21.9. The highest BCUT2D eigenvalue weighted by molar-refractivity contribution is 6.00. The lowest BCUT2D eigenvalue weighted by Gasteiger charge is -2.38. The Morgan fingerprint density at radius 1 is 1.46 bits per heavy atom. The van der Waals surface area contributed by atoms with Crippen LogP contribution in [0.2, 0.25) is 0 Å². The molecule has 0 aliphatic carbocycles. The summed E-state index contributed by atoms with van der Waals surface area (Å²) in [6.07, 6.45) is 6.02. The van der Waals surface area contributed by atoms with Gasteiger partial charge in [0.05, 0.1) is 5.54 Å². The highest BCUT2D eigenvalue weighted by Gasteiger charge is 2.30. The molecule has 2 atom stereocenters. The topological polar surface area (TPSA) is 95.1 Å². The summed E-state index contributed by atoms with van der Waals surface area (Å²) in [7, 11) is 2.00. The Morgan fingerprint density at radius 2 is 2.15 bits per heavy atom. The molecule has 26 heavy (non-hydrogen) atoms. The van der Waals surface area contributed by atoms with E-state index >= 15 is 0 Å². The van der Waals surface area contributed by atoms with Crippen LogP contribution in [0.5, 0.6) is 0 Å². The summed E-state index contributed by atoms with van der Waals surface area (Å²) >= 11 is 0. The highest BCUT2D eigenvalue weighted by Crippen LogP contribution is 2.24. The summed E-state index contributed by atoms with van der Waals surface area (Å²) in [4.78, 5) is 23.1. The van der Waals surface area contributed by atoms with Crippen LogP contribution in [0.15, 0.2) is 21.4 Å². The molecule has 1 heterocycles. The first-order valence-electron chi connectivity index (χ1n) is 9.51. The molecule has 148 valence electrons. The van der Waals surface area contributed by atoms with Crippen molar-refractivity contribution in [3.8, 4) is 0 Å². The molecule has 0 radical (unpaired) electrons. The van der Waals surface area contributed by atoms with E-state index in [0.29, 0.717) is 13.1 Å². The van der Waals surface area contributed by atoms with Gasteiger partial charge in [-0.3, -0.25) is 14.8 Å². The average molecular weight is 365 g/mol. The molecule has 0 fully saturated rings. The molecule has 0 aromatic rings. The van der Waals surface area contributed by atoms with Gasteiger partial charge in [0.1, 0.15) is 11.9 Å². The van der Waals surface area contributed by atoms with E-state index in [-0.39, 0.29) is 12.1 Å². The number of allylic oxidation sites excluding steroid dienone is 1. The number of nitrogens with zero attached hydrogens (tertiary/aromatic N) is 3. The van der Waals surface area contributed by atoms with Gasteiger partial charge in [-0.2, -0.15) is 0 Å². The van der Waals surface area contributed by atoms with Crippen LogP contribution in [-0.2, 0) is 4.79 Å². The summed E-state index contributed by atoms with van der Waals surface area (Å²) in [5, 5.41) is 6.35. The molecule has 0 spiro atoms. The van der Waals surface area contributed by atoms with Crippen molar-refractivity contribution >= 4 is 18.0 Å². The molecule has 7 heteroatoms. The Labute approximate surface area is 158 Å². The van der Waals surface area contributed by atoms with Gasteiger partial charge in [0.25, 0.3) is 0 Å². The molecule has 0 bridgehead atoms. The fourth-order valence-electron chi connectivity index (χ4n) is 3.01. The number of rotatable bonds is 9. The minimum atomic E-state index is -0.396. The first-order valence-corrected chi connectivity index (χ1v) is 9.51. The Morgan fingerprint density at radius 3 is 2.69 bits per heavy atom. The summed E-state index contributed by atoms with van der Waals surface area (Å²) in [5.74, 6) is 0.708.